The molecule has 2 rings (SSSR count). The lowest BCUT2D eigenvalue weighted by atomic mass is 10.2. The number of nitrogens with two attached hydrogens (primary N) is 1. The Balaban J connectivity index is 2.35. The number of nitrogens with zero attached hydrogens (tertiary/aromatic N) is 1. The molecule has 0 amide bonds. The van der Waals surface area contributed by atoms with Crippen LogP contribution in [0.1, 0.15) is 5.56 Å². The maximum absolute atomic E-state index is 12.7. The van der Waals surface area contributed by atoms with Gasteiger partial charge in [-0.05, 0) is 23.8 Å². The topological polar surface area (TPSA) is 83.6 Å². The van der Waals surface area contributed by atoms with E-state index in [9.17, 15) is 13.5 Å². The van der Waals surface area contributed by atoms with E-state index >= 15 is 0 Å². The normalized spacial score (nSPS) is 11.8. The van der Waals surface area contributed by atoms with Crippen molar-refractivity contribution in [1.82, 2.24) is 4.31 Å². The second kappa shape index (κ2) is 7.11. The van der Waals surface area contributed by atoms with Gasteiger partial charge in [-0.15, -0.1) is 0 Å². The van der Waals surface area contributed by atoms with Crippen molar-refractivity contribution in [2.24, 2.45) is 0 Å². The zero-order valence-electron chi connectivity index (χ0n) is 11.8. The maximum Gasteiger partial charge on any atom is 0.243 e. The predicted octanol–water partition coefficient (Wildman–Crippen LogP) is 2.11. The Labute approximate surface area is 135 Å². The molecule has 2 aromatic carbocycles. The van der Waals surface area contributed by atoms with Gasteiger partial charge in [0.15, 0.2) is 0 Å². The molecule has 22 heavy (non-hydrogen) atoms. The third-order valence-electron chi connectivity index (χ3n) is 3.16. The van der Waals surface area contributed by atoms with Crippen LogP contribution in [0.4, 0.5) is 5.69 Å². The van der Waals surface area contributed by atoms with Gasteiger partial charge in [-0.3, -0.25) is 0 Å². The number of nitrogen functional groups attached to an aromatic ring is 1. The monoisotopic (exact) mass is 340 g/mol. The Kier molecular flexibility index (Phi) is 5.42. The standard InChI is InChI=1S/C15H17ClN2O3S/c16-14-7-6-13(10-15(14)17)22(20,21)18(8-9-19)11-12-4-2-1-3-5-12/h1-7,10,19H,8-9,11,17H2. The summed E-state index contributed by atoms with van der Waals surface area (Å²) in [6.45, 7) is -0.0961. The molecule has 0 aromatic heterocycles. The Bertz CT molecular complexity index is 736. The van der Waals surface area contributed by atoms with Crippen LogP contribution in [-0.2, 0) is 16.6 Å². The molecule has 0 aliphatic rings. The fourth-order valence-electron chi connectivity index (χ4n) is 2.01. The third kappa shape index (κ3) is 3.78. The molecule has 2 aromatic rings. The van der Waals surface area contributed by atoms with Gasteiger partial charge in [0, 0.05) is 13.1 Å². The van der Waals surface area contributed by atoms with Crippen LogP contribution in [0.5, 0.6) is 0 Å². The second-order valence-corrected chi connectivity index (χ2v) is 7.08. The number of rotatable bonds is 6. The van der Waals surface area contributed by atoms with Crippen molar-refractivity contribution >= 4 is 27.3 Å². The van der Waals surface area contributed by atoms with Crippen molar-refractivity contribution < 1.29 is 13.5 Å². The summed E-state index contributed by atoms with van der Waals surface area (Å²) in [5, 5.41) is 9.47. The van der Waals surface area contributed by atoms with Gasteiger partial charge >= 0.3 is 0 Å². The largest absolute Gasteiger partial charge is 0.397 e. The molecule has 0 heterocycles. The van der Waals surface area contributed by atoms with Crippen molar-refractivity contribution in [3.63, 3.8) is 0 Å². The van der Waals surface area contributed by atoms with Crippen molar-refractivity contribution in [2.45, 2.75) is 11.4 Å². The molecule has 0 saturated carbocycles. The predicted molar refractivity (Wildman–Crippen MR) is 87.0 cm³/mol. The summed E-state index contributed by atoms with van der Waals surface area (Å²) in [5.41, 5.74) is 6.71. The molecule has 118 valence electrons. The average molecular weight is 341 g/mol. The summed E-state index contributed by atoms with van der Waals surface area (Å²) in [5.74, 6) is 0. The number of hydrogen-bond acceptors (Lipinski definition) is 4. The molecule has 0 fully saturated rings. The van der Waals surface area contributed by atoms with Crippen LogP contribution in [0.3, 0.4) is 0 Å². The molecule has 0 aliphatic heterocycles. The molecule has 0 unspecified atom stereocenters. The molecular weight excluding hydrogens is 324 g/mol. The zero-order valence-corrected chi connectivity index (χ0v) is 13.4. The van der Waals surface area contributed by atoms with Crippen molar-refractivity contribution in [2.75, 3.05) is 18.9 Å². The number of benzene rings is 2. The summed E-state index contributed by atoms with van der Waals surface area (Å²) < 4.78 is 26.6. The third-order valence-corrected chi connectivity index (χ3v) is 5.34. The van der Waals surface area contributed by atoms with Gasteiger partial charge in [0.2, 0.25) is 10.0 Å². The van der Waals surface area contributed by atoms with Gasteiger partial charge < -0.3 is 10.8 Å². The number of aliphatic hydroxyl groups excluding tert-OH is 1. The molecule has 0 aliphatic carbocycles. The van der Waals surface area contributed by atoms with Crippen LogP contribution >= 0.6 is 11.6 Å². The Morgan fingerprint density at radius 3 is 2.41 bits per heavy atom. The van der Waals surface area contributed by atoms with E-state index in [0.29, 0.717) is 5.02 Å². The van der Waals surface area contributed by atoms with E-state index in [4.69, 9.17) is 17.3 Å². The minimum absolute atomic E-state index is 0.000239. The van der Waals surface area contributed by atoms with Gasteiger partial charge in [-0.25, -0.2) is 8.42 Å². The smallest absolute Gasteiger partial charge is 0.243 e. The van der Waals surface area contributed by atoms with Crippen LogP contribution in [0.2, 0.25) is 5.02 Å². The van der Waals surface area contributed by atoms with Crippen LogP contribution in [0.25, 0.3) is 0 Å². The summed E-state index contributed by atoms with van der Waals surface area (Å²) in [4.78, 5) is 0.0544. The molecule has 0 spiro atoms. The first-order valence-corrected chi connectivity index (χ1v) is 8.47. The van der Waals surface area contributed by atoms with E-state index in [1.807, 2.05) is 30.3 Å². The van der Waals surface area contributed by atoms with E-state index in [-0.39, 0.29) is 30.3 Å². The van der Waals surface area contributed by atoms with E-state index in [1.54, 1.807) is 0 Å². The number of halogens is 1. The van der Waals surface area contributed by atoms with E-state index < -0.39 is 10.0 Å². The lowest BCUT2D eigenvalue weighted by molar-refractivity contribution is 0.251. The summed E-state index contributed by atoms with van der Waals surface area (Å²) in [7, 11) is -3.77. The second-order valence-electron chi connectivity index (χ2n) is 4.73. The molecule has 3 N–H and O–H groups in total. The van der Waals surface area contributed by atoms with Gasteiger partial charge in [0.05, 0.1) is 22.2 Å². The summed E-state index contributed by atoms with van der Waals surface area (Å²) in [6, 6.07) is 13.4. The van der Waals surface area contributed by atoms with Crippen LogP contribution in [0, 0.1) is 0 Å². The average Bonchev–Trinajstić information content (AvgIpc) is 2.50. The Hall–Kier alpha value is -1.60. The molecule has 7 heteroatoms. The lowest BCUT2D eigenvalue weighted by Gasteiger charge is -2.21. The summed E-state index contributed by atoms with van der Waals surface area (Å²) >= 11 is 5.83. The number of anilines is 1. The number of sulfonamides is 1. The maximum atomic E-state index is 12.7. The van der Waals surface area contributed by atoms with Crippen LogP contribution < -0.4 is 5.73 Å². The van der Waals surface area contributed by atoms with E-state index in [1.165, 1.54) is 22.5 Å². The highest BCUT2D eigenvalue weighted by Gasteiger charge is 2.24. The first-order valence-electron chi connectivity index (χ1n) is 6.65. The molecule has 0 radical (unpaired) electrons. The molecule has 0 atom stereocenters. The zero-order chi connectivity index (χ0) is 16.2. The Morgan fingerprint density at radius 2 is 1.82 bits per heavy atom. The van der Waals surface area contributed by atoms with Gasteiger partial charge in [0.25, 0.3) is 0 Å². The van der Waals surface area contributed by atoms with E-state index in [2.05, 4.69) is 0 Å². The van der Waals surface area contributed by atoms with Crippen molar-refractivity contribution in [3.8, 4) is 0 Å². The van der Waals surface area contributed by atoms with E-state index in [0.717, 1.165) is 5.56 Å². The SMILES string of the molecule is Nc1cc(S(=O)(=O)N(CCO)Cc2ccccc2)ccc1Cl. The fraction of sp³-hybridized carbons (Fsp3) is 0.200. The molecule has 5 nitrogen and oxygen atoms in total. The number of hydrogen-bond donors (Lipinski definition) is 2. The lowest BCUT2D eigenvalue weighted by Crippen LogP contribution is -2.33. The molecule has 0 saturated heterocycles. The minimum atomic E-state index is -3.77. The summed E-state index contributed by atoms with van der Waals surface area (Å²) in [6.07, 6.45) is 0. The highest BCUT2D eigenvalue weighted by Crippen LogP contribution is 2.25. The fourth-order valence-corrected chi connectivity index (χ4v) is 3.59. The van der Waals surface area contributed by atoms with Crippen molar-refractivity contribution in [3.05, 3.63) is 59.1 Å². The molecule has 0 bridgehead atoms. The van der Waals surface area contributed by atoms with Crippen LogP contribution in [0.15, 0.2) is 53.4 Å². The number of aliphatic hydroxyl groups is 1. The highest BCUT2D eigenvalue weighted by molar-refractivity contribution is 7.89. The van der Waals surface area contributed by atoms with Crippen molar-refractivity contribution in [1.29, 1.82) is 0 Å². The minimum Gasteiger partial charge on any atom is -0.397 e. The van der Waals surface area contributed by atoms with Gasteiger partial charge in [-0.2, -0.15) is 4.31 Å². The highest BCUT2D eigenvalue weighted by atomic mass is 35.5. The quantitative estimate of drug-likeness (QED) is 0.789. The first-order chi connectivity index (χ1) is 10.4. The van der Waals surface area contributed by atoms with Gasteiger partial charge in [-0.1, -0.05) is 41.9 Å². The first kappa shape index (κ1) is 16.8. The van der Waals surface area contributed by atoms with Crippen LogP contribution in [-0.4, -0.2) is 31.0 Å². The molecular formula is C15H17ClN2O3S. The van der Waals surface area contributed by atoms with Gasteiger partial charge in [0.1, 0.15) is 0 Å². The Morgan fingerprint density at radius 1 is 1.14 bits per heavy atom.